The van der Waals surface area contributed by atoms with Crippen LogP contribution in [0.3, 0.4) is 0 Å². The van der Waals surface area contributed by atoms with Crippen molar-refractivity contribution in [3.63, 3.8) is 0 Å². The average molecular weight is 520 g/mol. The molecule has 0 N–H and O–H groups in total. The van der Waals surface area contributed by atoms with E-state index in [2.05, 4.69) is 10.1 Å². The van der Waals surface area contributed by atoms with E-state index in [1.54, 1.807) is 54.5 Å². The number of hydrogen-bond donors (Lipinski definition) is 0. The minimum atomic E-state index is -0.668. The van der Waals surface area contributed by atoms with Crippen LogP contribution in [-0.2, 0) is 16.1 Å². The molecule has 0 spiro atoms. The van der Waals surface area contributed by atoms with Gasteiger partial charge in [-0.3, -0.25) is 19.5 Å². The number of aromatic nitrogens is 3. The monoisotopic (exact) mass is 519 g/mol. The highest BCUT2D eigenvalue weighted by Gasteiger charge is 2.35. The number of carbonyl (C=O) groups is 2. The molecule has 39 heavy (non-hydrogen) atoms. The second-order valence-electron chi connectivity index (χ2n) is 8.79. The lowest BCUT2D eigenvalue weighted by Crippen LogP contribution is -2.42. The maximum Gasteiger partial charge on any atom is 0.271 e. The molecule has 9 heteroatoms. The molecule has 0 saturated carbocycles. The van der Waals surface area contributed by atoms with Crippen molar-refractivity contribution in [3.05, 3.63) is 113 Å². The zero-order valence-corrected chi connectivity index (χ0v) is 21.1. The molecule has 1 aliphatic rings. The van der Waals surface area contributed by atoms with E-state index in [1.165, 1.54) is 19.2 Å². The largest absolute Gasteiger partial charge is 0.494 e. The third-order valence-electron chi connectivity index (χ3n) is 6.38. The third-order valence-corrected chi connectivity index (χ3v) is 6.38. The minimum Gasteiger partial charge on any atom is -0.494 e. The molecule has 0 unspecified atom stereocenters. The first-order chi connectivity index (χ1) is 18.9. The topological polar surface area (TPSA) is 101 Å². The van der Waals surface area contributed by atoms with Gasteiger partial charge in [0.25, 0.3) is 11.8 Å². The maximum atomic E-state index is 14.7. The number of para-hydroxylation sites is 1. The van der Waals surface area contributed by atoms with Crippen molar-refractivity contribution in [2.45, 2.75) is 13.5 Å². The van der Waals surface area contributed by atoms with Crippen LogP contribution in [0.5, 0.6) is 5.75 Å². The van der Waals surface area contributed by atoms with Crippen molar-refractivity contribution in [3.8, 4) is 28.8 Å². The predicted octanol–water partition coefficient (Wildman–Crippen LogP) is 4.87. The molecule has 3 heterocycles. The molecule has 4 aromatic rings. The quantitative estimate of drug-likeness (QED) is 0.266. The molecule has 0 saturated heterocycles. The van der Waals surface area contributed by atoms with Crippen LogP contribution in [-0.4, -0.2) is 38.6 Å². The van der Waals surface area contributed by atoms with Gasteiger partial charge in [-0.1, -0.05) is 24.3 Å². The zero-order valence-electron chi connectivity index (χ0n) is 21.1. The van der Waals surface area contributed by atoms with Crippen LogP contribution in [0.15, 0.2) is 96.0 Å². The van der Waals surface area contributed by atoms with Gasteiger partial charge in [0.05, 0.1) is 19.3 Å². The van der Waals surface area contributed by atoms with E-state index in [0.29, 0.717) is 22.4 Å². The Morgan fingerprint density at radius 2 is 1.87 bits per heavy atom. The standard InChI is InChI=1S/C30H22FN5O3/c1-19-24(29(37)35(30(38)25(19)15-32)17-20-7-6-12-33-16-20)13-22-18-36(23-8-4-3-5-9-23)34-28(22)21-10-11-27(39-2)26(31)14-21/h3-14,16,18H,17H2,1-2H3/b24-13+. The Bertz CT molecular complexity index is 1680. The summed E-state index contributed by atoms with van der Waals surface area (Å²) in [4.78, 5) is 31.8. The first-order valence-electron chi connectivity index (χ1n) is 12.0. The number of hydrogen-bond acceptors (Lipinski definition) is 6. The number of nitrogens with zero attached hydrogens (tertiary/aromatic N) is 5. The lowest BCUT2D eigenvalue weighted by Gasteiger charge is -2.27. The summed E-state index contributed by atoms with van der Waals surface area (Å²) >= 11 is 0. The van der Waals surface area contributed by atoms with Crippen LogP contribution >= 0.6 is 0 Å². The van der Waals surface area contributed by atoms with Crippen LogP contribution in [0.1, 0.15) is 18.1 Å². The Morgan fingerprint density at radius 3 is 2.54 bits per heavy atom. The number of methoxy groups -OCH3 is 1. The van der Waals surface area contributed by atoms with Gasteiger partial charge in [-0.25, -0.2) is 9.07 Å². The summed E-state index contributed by atoms with van der Waals surface area (Å²) in [7, 11) is 1.38. The summed E-state index contributed by atoms with van der Waals surface area (Å²) in [5.74, 6) is -1.70. The van der Waals surface area contributed by atoms with Crippen molar-refractivity contribution >= 4 is 17.9 Å². The molecule has 0 radical (unpaired) electrons. The molecule has 2 aromatic carbocycles. The van der Waals surface area contributed by atoms with Gasteiger partial charge in [-0.05, 0) is 60.5 Å². The fourth-order valence-corrected chi connectivity index (χ4v) is 4.35. The van der Waals surface area contributed by atoms with Gasteiger partial charge in [0.2, 0.25) is 0 Å². The molecule has 2 aromatic heterocycles. The second-order valence-corrected chi connectivity index (χ2v) is 8.79. The number of amides is 2. The molecular weight excluding hydrogens is 497 g/mol. The van der Waals surface area contributed by atoms with Gasteiger partial charge in [0, 0.05) is 35.3 Å². The number of halogens is 1. The fourth-order valence-electron chi connectivity index (χ4n) is 4.35. The van der Waals surface area contributed by atoms with Gasteiger partial charge in [-0.2, -0.15) is 10.4 Å². The SMILES string of the molecule is COc1ccc(-c2nn(-c3ccccc3)cc2/C=C2/C(=O)N(Cc3cccnc3)C(=O)C(C#N)=C2C)cc1F. The van der Waals surface area contributed by atoms with Gasteiger partial charge < -0.3 is 4.74 Å². The smallest absolute Gasteiger partial charge is 0.271 e. The summed E-state index contributed by atoms with van der Waals surface area (Å²) in [6.07, 6.45) is 6.45. The lowest BCUT2D eigenvalue weighted by molar-refractivity contribution is -0.141. The summed E-state index contributed by atoms with van der Waals surface area (Å²) in [5.41, 5.74) is 3.06. The van der Waals surface area contributed by atoms with E-state index in [0.717, 1.165) is 10.6 Å². The van der Waals surface area contributed by atoms with Crippen LogP contribution in [0, 0.1) is 17.1 Å². The molecule has 1 aliphatic heterocycles. The Kier molecular flexibility index (Phi) is 6.85. The van der Waals surface area contributed by atoms with Crippen molar-refractivity contribution < 1.29 is 18.7 Å². The summed E-state index contributed by atoms with van der Waals surface area (Å²) in [5, 5.41) is 14.5. The van der Waals surface area contributed by atoms with E-state index in [9.17, 15) is 19.2 Å². The summed E-state index contributed by atoms with van der Waals surface area (Å²) in [6.45, 7) is 1.52. The summed E-state index contributed by atoms with van der Waals surface area (Å²) < 4.78 is 21.3. The Hall–Kier alpha value is -5.36. The predicted molar refractivity (Wildman–Crippen MR) is 142 cm³/mol. The number of nitriles is 1. The van der Waals surface area contributed by atoms with E-state index >= 15 is 0 Å². The normalized spacial score (nSPS) is 14.6. The van der Waals surface area contributed by atoms with Crippen molar-refractivity contribution in [2.75, 3.05) is 7.11 Å². The van der Waals surface area contributed by atoms with Crippen LogP contribution in [0.2, 0.25) is 0 Å². The lowest BCUT2D eigenvalue weighted by atomic mass is 9.93. The Labute approximate surface area is 223 Å². The van der Waals surface area contributed by atoms with E-state index in [-0.39, 0.29) is 29.0 Å². The molecule has 5 rings (SSSR count). The highest BCUT2D eigenvalue weighted by molar-refractivity contribution is 6.19. The minimum absolute atomic E-state index is 0.0405. The van der Waals surface area contributed by atoms with Gasteiger partial charge >= 0.3 is 0 Å². The van der Waals surface area contributed by atoms with Gasteiger partial charge in [-0.15, -0.1) is 0 Å². The van der Waals surface area contributed by atoms with Crippen LogP contribution < -0.4 is 4.74 Å². The number of imide groups is 1. The molecule has 192 valence electrons. The Morgan fingerprint density at radius 1 is 1.08 bits per heavy atom. The second kappa shape index (κ2) is 10.6. The van der Waals surface area contributed by atoms with Crippen LogP contribution in [0.25, 0.3) is 23.0 Å². The number of pyridine rings is 1. The number of benzene rings is 2. The average Bonchev–Trinajstić information content (AvgIpc) is 3.39. The van der Waals surface area contributed by atoms with Gasteiger partial charge in [0.15, 0.2) is 11.6 Å². The number of rotatable bonds is 6. The van der Waals surface area contributed by atoms with E-state index in [1.807, 2.05) is 36.4 Å². The van der Waals surface area contributed by atoms with Gasteiger partial charge in [0.1, 0.15) is 17.3 Å². The van der Waals surface area contributed by atoms with Crippen molar-refractivity contribution in [2.24, 2.45) is 0 Å². The third kappa shape index (κ3) is 4.83. The van der Waals surface area contributed by atoms with E-state index in [4.69, 9.17) is 4.74 Å². The molecule has 0 bridgehead atoms. The molecule has 2 amide bonds. The molecular formula is C30H22FN5O3. The number of carbonyl (C=O) groups excluding carboxylic acids is 2. The Balaban J connectivity index is 1.66. The first-order valence-corrected chi connectivity index (χ1v) is 12.0. The maximum absolute atomic E-state index is 14.7. The summed E-state index contributed by atoms with van der Waals surface area (Å²) in [6, 6.07) is 19.2. The van der Waals surface area contributed by atoms with Crippen molar-refractivity contribution in [1.82, 2.24) is 19.7 Å². The highest BCUT2D eigenvalue weighted by Crippen LogP contribution is 2.33. The van der Waals surface area contributed by atoms with Crippen LogP contribution in [0.4, 0.5) is 4.39 Å². The van der Waals surface area contributed by atoms with E-state index < -0.39 is 17.6 Å². The molecule has 8 nitrogen and oxygen atoms in total. The van der Waals surface area contributed by atoms with Crippen molar-refractivity contribution in [1.29, 1.82) is 5.26 Å². The first kappa shape index (κ1) is 25.3. The fraction of sp³-hybridized carbons (Fsp3) is 0.100. The highest BCUT2D eigenvalue weighted by atomic mass is 19.1. The zero-order chi connectivity index (χ0) is 27.5. The number of ether oxygens (including phenoxy) is 1. The molecule has 0 fully saturated rings. The molecule has 0 aliphatic carbocycles. The molecule has 0 atom stereocenters.